The van der Waals surface area contributed by atoms with Gasteiger partial charge in [0.1, 0.15) is 18.1 Å². The average Bonchev–Trinajstić information content (AvgIpc) is 2.61. The summed E-state index contributed by atoms with van der Waals surface area (Å²) in [6, 6.07) is 11.8. The van der Waals surface area contributed by atoms with Gasteiger partial charge in [0.15, 0.2) is 11.3 Å². The molecule has 0 fully saturated rings. The molecule has 0 heterocycles. The summed E-state index contributed by atoms with van der Waals surface area (Å²) in [5, 5.41) is 13.1. The van der Waals surface area contributed by atoms with Crippen LogP contribution in [0.1, 0.15) is 25.0 Å². The van der Waals surface area contributed by atoms with E-state index in [1.165, 1.54) is 13.8 Å². The van der Waals surface area contributed by atoms with Crippen molar-refractivity contribution >= 4 is 23.1 Å². The Morgan fingerprint density at radius 1 is 1.22 bits per heavy atom. The number of aliphatic hydroxyl groups is 1. The summed E-state index contributed by atoms with van der Waals surface area (Å²) < 4.78 is 5.51. The maximum Gasteiger partial charge on any atom is 0.259 e. The summed E-state index contributed by atoms with van der Waals surface area (Å²) in [6.45, 7) is 11.5. The molecule has 0 aliphatic carbocycles. The van der Waals surface area contributed by atoms with Gasteiger partial charge >= 0.3 is 0 Å². The highest BCUT2D eigenvalue weighted by molar-refractivity contribution is 5.97. The first-order valence-corrected chi connectivity index (χ1v) is 8.44. The average molecular weight is 366 g/mol. The van der Waals surface area contributed by atoms with Gasteiger partial charge in [-0.3, -0.25) is 9.59 Å². The van der Waals surface area contributed by atoms with E-state index in [0.717, 1.165) is 11.1 Å². The van der Waals surface area contributed by atoms with E-state index in [1.54, 1.807) is 49.4 Å². The minimum absolute atomic E-state index is 0.0722. The van der Waals surface area contributed by atoms with Crippen LogP contribution >= 0.6 is 0 Å². The van der Waals surface area contributed by atoms with Crippen molar-refractivity contribution in [3.63, 3.8) is 0 Å². The van der Waals surface area contributed by atoms with Crippen LogP contribution in [0.2, 0.25) is 0 Å². The van der Waals surface area contributed by atoms with Gasteiger partial charge in [0.05, 0.1) is 6.57 Å². The zero-order chi connectivity index (χ0) is 20.0. The van der Waals surface area contributed by atoms with Crippen LogP contribution in [0.3, 0.4) is 0 Å². The molecule has 0 aliphatic heterocycles. The van der Waals surface area contributed by atoms with Crippen molar-refractivity contribution in [2.75, 3.05) is 11.9 Å². The Morgan fingerprint density at radius 3 is 2.44 bits per heavy atom. The molecule has 0 aliphatic rings. The Balaban J connectivity index is 1.96. The molecule has 140 valence electrons. The number of rotatable bonds is 7. The third kappa shape index (κ3) is 5.66. The number of benzene rings is 2. The topological polar surface area (TPSA) is 80.0 Å². The van der Waals surface area contributed by atoms with Crippen molar-refractivity contribution in [3.8, 4) is 5.75 Å². The largest absolute Gasteiger partial charge is 0.490 e. The van der Waals surface area contributed by atoms with Crippen LogP contribution in [-0.4, -0.2) is 29.0 Å². The highest BCUT2D eigenvalue weighted by atomic mass is 16.5. The van der Waals surface area contributed by atoms with Gasteiger partial charge in [0, 0.05) is 12.1 Å². The second-order valence-electron chi connectivity index (χ2n) is 6.65. The molecule has 27 heavy (non-hydrogen) atoms. The first-order valence-electron chi connectivity index (χ1n) is 8.44. The predicted molar refractivity (Wildman–Crippen MR) is 103 cm³/mol. The second kappa shape index (κ2) is 8.47. The number of hydrogen-bond acceptors (Lipinski definition) is 4. The van der Waals surface area contributed by atoms with E-state index in [-0.39, 0.29) is 12.4 Å². The fourth-order valence-corrected chi connectivity index (χ4v) is 2.40. The molecule has 0 saturated heterocycles. The minimum atomic E-state index is -1.75. The molecule has 2 aromatic carbocycles. The molecule has 6 heteroatoms. The standard InChI is InChI=1S/C21H22N2O4/c1-14-11-17(7-10-19(14)22-4)23-20(25)21(3,26)13-27-18-8-5-16(6-9-18)12-15(2)24/h5-11,26H,12-13H2,1-3H3,(H,23,25)/t21-/m0/s1. The van der Waals surface area contributed by atoms with Crippen molar-refractivity contribution in [1.29, 1.82) is 0 Å². The minimum Gasteiger partial charge on any atom is -0.490 e. The summed E-state index contributed by atoms with van der Waals surface area (Å²) >= 11 is 0. The number of hydrogen-bond donors (Lipinski definition) is 2. The monoisotopic (exact) mass is 366 g/mol. The molecule has 2 rings (SSSR count). The van der Waals surface area contributed by atoms with Gasteiger partial charge in [-0.1, -0.05) is 18.2 Å². The lowest BCUT2D eigenvalue weighted by molar-refractivity contribution is -0.135. The lowest BCUT2D eigenvalue weighted by Gasteiger charge is -2.23. The Morgan fingerprint density at radius 2 is 1.89 bits per heavy atom. The molecule has 0 unspecified atom stereocenters. The second-order valence-corrected chi connectivity index (χ2v) is 6.65. The van der Waals surface area contributed by atoms with Crippen molar-refractivity contribution in [1.82, 2.24) is 0 Å². The van der Waals surface area contributed by atoms with E-state index in [0.29, 0.717) is 23.5 Å². The van der Waals surface area contributed by atoms with Crippen LogP contribution < -0.4 is 10.1 Å². The summed E-state index contributed by atoms with van der Waals surface area (Å²) in [5.74, 6) is -0.0405. The number of anilines is 1. The molecule has 6 nitrogen and oxygen atoms in total. The lowest BCUT2D eigenvalue weighted by atomic mass is 10.1. The summed E-state index contributed by atoms with van der Waals surface area (Å²) in [4.78, 5) is 26.8. The van der Waals surface area contributed by atoms with Gasteiger partial charge < -0.3 is 15.2 Å². The van der Waals surface area contributed by atoms with Gasteiger partial charge in [-0.25, -0.2) is 4.85 Å². The summed E-state index contributed by atoms with van der Waals surface area (Å²) in [7, 11) is 0. The molecule has 2 N–H and O–H groups in total. The first kappa shape index (κ1) is 20.1. The van der Waals surface area contributed by atoms with Crippen LogP contribution in [0, 0.1) is 13.5 Å². The van der Waals surface area contributed by atoms with Gasteiger partial charge in [0.25, 0.3) is 5.91 Å². The van der Waals surface area contributed by atoms with E-state index in [1.807, 2.05) is 0 Å². The van der Waals surface area contributed by atoms with Gasteiger partial charge in [-0.15, -0.1) is 0 Å². The maximum absolute atomic E-state index is 12.4. The van der Waals surface area contributed by atoms with E-state index < -0.39 is 11.5 Å². The zero-order valence-electron chi connectivity index (χ0n) is 15.6. The molecule has 0 saturated carbocycles. The van der Waals surface area contributed by atoms with Gasteiger partial charge in [0.2, 0.25) is 0 Å². The summed E-state index contributed by atoms with van der Waals surface area (Å²) in [6.07, 6.45) is 0.353. The number of aryl methyl sites for hydroxylation is 1. The quantitative estimate of drug-likeness (QED) is 0.736. The highest BCUT2D eigenvalue weighted by Crippen LogP contribution is 2.23. The highest BCUT2D eigenvalue weighted by Gasteiger charge is 2.31. The Hall–Kier alpha value is -3.17. The zero-order valence-corrected chi connectivity index (χ0v) is 15.6. The molecule has 2 aromatic rings. The van der Waals surface area contributed by atoms with Crippen LogP contribution in [-0.2, 0) is 16.0 Å². The Kier molecular flexibility index (Phi) is 6.32. The number of ketones is 1. The van der Waals surface area contributed by atoms with Crippen LogP contribution in [0.4, 0.5) is 11.4 Å². The third-order valence-corrected chi connectivity index (χ3v) is 3.96. The molecule has 1 atom stereocenters. The third-order valence-electron chi connectivity index (χ3n) is 3.96. The molecule has 1 amide bonds. The van der Waals surface area contributed by atoms with Crippen molar-refractivity contribution in [2.45, 2.75) is 32.8 Å². The number of ether oxygens (including phenoxy) is 1. The number of Topliss-reactive ketones (excluding diaryl/α,β-unsaturated/α-hetero) is 1. The smallest absolute Gasteiger partial charge is 0.259 e. The normalized spacial score (nSPS) is 12.6. The number of nitrogens with one attached hydrogen (secondary N) is 1. The van der Waals surface area contributed by atoms with E-state index in [9.17, 15) is 14.7 Å². The Labute approximate surface area is 158 Å². The number of amides is 1. The summed E-state index contributed by atoms with van der Waals surface area (Å²) in [5.41, 5.74) is 0.877. The van der Waals surface area contributed by atoms with Gasteiger partial charge in [-0.2, -0.15) is 0 Å². The molecular formula is C21H22N2O4. The van der Waals surface area contributed by atoms with Crippen LogP contribution in [0.5, 0.6) is 5.75 Å². The van der Waals surface area contributed by atoms with Crippen LogP contribution in [0.15, 0.2) is 42.5 Å². The first-order chi connectivity index (χ1) is 12.7. The van der Waals surface area contributed by atoms with E-state index in [4.69, 9.17) is 11.3 Å². The molecule has 0 aromatic heterocycles. The maximum atomic E-state index is 12.4. The number of carbonyl (C=O) groups excluding carboxylic acids is 2. The number of nitrogens with zero attached hydrogens (tertiary/aromatic N) is 1. The molecule has 0 bridgehead atoms. The fraction of sp³-hybridized carbons (Fsp3) is 0.286. The van der Waals surface area contributed by atoms with Crippen molar-refractivity contribution < 1.29 is 19.4 Å². The Bertz CT molecular complexity index is 880. The van der Waals surface area contributed by atoms with E-state index in [2.05, 4.69) is 10.2 Å². The van der Waals surface area contributed by atoms with Crippen LogP contribution in [0.25, 0.3) is 4.85 Å². The molecule has 0 spiro atoms. The SMILES string of the molecule is [C-]#[N+]c1ccc(NC(=O)[C@@](C)(O)COc2ccc(CC(C)=O)cc2)cc1C. The van der Waals surface area contributed by atoms with Crippen molar-refractivity contribution in [3.05, 3.63) is 65.0 Å². The number of carbonyl (C=O) groups is 2. The van der Waals surface area contributed by atoms with E-state index >= 15 is 0 Å². The molecular weight excluding hydrogens is 344 g/mol. The molecule has 0 radical (unpaired) electrons. The lowest BCUT2D eigenvalue weighted by Crippen LogP contribution is -2.45. The predicted octanol–water partition coefficient (Wildman–Crippen LogP) is 3.45. The van der Waals surface area contributed by atoms with Gasteiger partial charge in [-0.05, 0) is 56.2 Å². The fourth-order valence-electron chi connectivity index (χ4n) is 2.40. The van der Waals surface area contributed by atoms with Crippen molar-refractivity contribution in [2.24, 2.45) is 0 Å².